The first-order valence-electron chi connectivity index (χ1n) is 10.6. The highest BCUT2D eigenvalue weighted by atomic mass is 32.2. The topological polar surface area (TPSA) is 83.6 Å². The number of hydrogen-bond donors (Lipinski definition) is 1. The smallest absolute Gasteiger partial charge is 0.235 e. The minimum absolute atomic E-state index is 0.0836. The Balaban J connectivity index is 1.43. The molecule has 1 N–H and O–H groups in total. The summed E-state index contributed by atoms with van der Waals surface area (Å²) in [6.45, 7) is 3.03. The van der Waals surface area contributed by atoms with Gasteiger partial charge in [0.2, 0.25) is 5.91 Å². The maximum Gasteiger partial charge on any atom is 0.235 e. The van der Waals surface area contributed by atoms with Gasteiger partial charge in [0.25, 0.3) is 0 Å². The quantitative estimate of drug-likeness (QED) is 0.634. The van der Waals surface area contributed by atoms with E-state index < -0.39 is 0 Å². The molecule has 8 heteroatoms. The van der Waals surface area contributed by atoms with Crippen LogP contribution in [0.15, 0.2) is 5.16 Å². The van der Waals surface area contributed by atoms with Gasteiger partial charge in [-0.3, -0.25) is 4.79 Å². The summed E-state index contributed by atoms with van der Waals surface area (Å²) in [5, 5.41) is 22.9. The number of carbonyl (C=O) groups is 1. The van der Waals surface area contributed by atoms with Crippen LogP contribution >= 0.6 is 23.1 Å². The summed E-state index contributed by atoms with van der Waals surface area (Å²) in [5.41, 5.74) is 1.84. The third kappa shape index (κ3) is 4.67. The van der Waals surface area contributed by atoms with Crippen molar-refractivity contribution in [2.45, 2.75) is 82.3 Å². The average molecular weight is 430 g/mol. The molecule has 2 aromatic rings. The molecule has 1 fully saturated rings. The lowest BCUT2D eigenvalue weighted by atomic mass is 9.97. The van der Waals surface area contributed by atoms with E-state index in [0.717, 1.165) is 60.2 Å². The summed E-state index contributed by atoms with van der Waals surface area (Å²) >= 11 is 3.02. The summed E-state index contributed by atoms with van der Waals surface area (Å²) in [6, 6.07) is 2.34. The van der Waals surface area contributed by atoms with Crippen molar-refractivity contribution in [1.29, 1.82) is 5.26 Å². The number of nitriles is 1. The highest BCUT2D eigenvalue weighted by molar-refractivity contribution is 7.99. The van der Waals surface area contributed by atoms with Crippen molar-refractivity contribution in [2.75, 3.05) is 11.1 Å². The van der Waals surface area contributed by atoms with E-state index in [-0.39, 0.29) is 11.7 Å². The molecule has 2 aromatic heterocycles. The Morgan fingerprint density at radius 3 is 2.79 bits per heavy atom. The number of amides is 1. The Morgan fingerprint density at radius 2 is 2.07 bits per heavy atom. The van der Waals surface area contributed by atoms with Crippen LogP contribution in [0.1, 0.15) is 79.6 Å². The Kier molecular flexibility index (Phi) is 6.56. The van der Waals surface area contributed by atoms with E-state index in [0.29, 0.717) is 11.5 Å². The number of nitrogens with zero attached hydrogens (tertiary/aromatic N) is 4. The van der Waals surface area contributed by atoms with Gasteiger partial charge in [-0.2, -0.15) is 5.26 Å². The number of aryl methyl sites for hydroxylation is 1. The van der Waals surface area contributed by atoms with Crippen LogP contribution in [-0.2, 0) is 24.2 Å². The van der Waals surface area contributed by atoms with Gasteiger partial charge < -0.3 is 9.88 Å². The van der Waals surface area contributed by atoms with Crippen LogP contribution in [0.5, 0.6) is 0 Å². The molecule has 154 valence electrons. The number of nitrogens with one attached hydrogen (secondary N) is 1. The van der Waals surface area contributed by atoms with Crippen molar-refractivity contribution >= 4 is 34.0 Å². The van der Waals surface area contributed by atoms with Crippen LogP contribution in [0.25, 0.3) is 0 Å². The van der Waals surface area contributed by atoms with Gasteiger partial charge in [-0.1, -0.05) is 31.5 Å². The van der Waals surface area contributed by atoms with Crippen molar-refractivity contribution in [3.05, 3.63) is 21.8 Å². The maximum atomic E-state index is 12.6. The molecule has 0 atom stereocenters. The highest BCUT2D eigenvalue weighted by Gasteiger charge is 2.30. The molecule has 0 unspecified atom stereocenters. The molecule has 0 saturated heterocycles. The number of thioether (sulfide) groups is 1. The number of rotatable bonds is 7. The number of fused-ring (bicyclic) bond motifs is 1. The predicted molar refractivity (Wildman–Crippen MR) is 117 cm³/mol. The largest absolute Gasteiger partial charge is 0.316 e. The molecule has 2 aliphatic carbocycles. The van der Waals surface area contributed by atoms with Gasteiger partial charge in [0.15, 0.2) is 5.16 Å². The fraction of sp³-hybridized carbons (Fsp3) is 0.619. The molecular weight excluding hydrogens is 402 g/mol. The van der Waals surface area contributed by atoms with Crippen molar-refractivity contribution in [3.8, 4) is 6.07 Å². The molecule has 2 heterocycles. The molecule has 4 rings (SSSR count). The van der Waals surface area contributed by atoms with E-state index in [1.54, 1.807) is 11.3 Å². The van der Waals surface area contributed by atoms with E-state index in [4.69, 9.17) is 0 Å². The van der Waals surface area contributed by atoms with Gasteiger partial charge >= 0.3 is 0 Å². The molecule has 0 spiro atoms. The van der Waals surface area contributed by atoms with Crippen molar-refractivity contribution < 1.29 is 4.79 Å². The van der Waals surface area contributed by atoms with Gasteiger partial charge in [-0.05, 0) is 50.5 Å². The summed E-state index contributed by atoms with van der Waals surface area (Å²) in [4.78, 5) is 13.9. The summed E-state index contributed by atoms with van der Waals surface area (Å²) in [6.07, 6.45) is 10.1. The SMILES string of the molecule is CCCn1c(SCC(=O)Nc2sc3c(c2C#N)CCCCCC3)nnc1C1CC1. The monoisotopic (exact) mass is 429 g/mol. The molecule has 0 aliphatic heterocycles. The van der Waals surface area contributed by atoms with Crippen molar-refractivity contribution in [1.82, 2.24) is 14.8 Å². The lowest BCUT2D eigenvalue weighted by Crippen LogP contribution is -2.15. The second-order valence-electron chi connectivity index (χ2n) is 7.84. The van der Waals surface area contributed by atoms with E-state index in [1.165, 1.54) is 42.3 Å². The zero-order chi connectivity index (χ0) is 20.2. The normalized spacial score (nSPS) is 16.6. The Bertz CT molecular complexity index is 922. The van der Waals surface area contributed by atoms with Crippen LogP contribution in [0.4, 0.5) is 5.00 Å². The Hall–Kier alpha value is -1.85. The van der Waals surface area contributed by atoms with E-state index >= 15 is 0 Å². The summed E-state index contributed by atoms with van der Waals surface area (Å²) in [7, 11) is 0. The first-order valence-corrected chi connectivity index (χ1v) is 12.4. The van der Waals surface area contributed by atoms with Crippen LogP contribution in [0, 0.1) is 11.3 Å². The third-order valence-electron chi connectivity index (χ3n) is 5.50. The van der Waals surface area contributed by atoms with Crippen molar-refractivity contribution in [3.63, 3.8) is 0 Å². The van der Waals surface area contributed by atoms with Gasteiger partial charge in [0.05, 0.1) is 11.3 Å². The number of carbonyl (C=O) groups excluding carboxylic acids is 1. The van der Waals surface area contributed by atoms with Crippen LogP contribution in [-0.4, -0.2) is 26.4 Å². The molecular formula is C21H27N5OS2. The maximum absolute atomic E-state index is 12.6. The fourth-order valence-corrected chi connectivity index (χ4v) is 5.93. The third-order valence-corrected chi connectivity index (χ3v) is 7.68. The van der Waals surface area contributed by atoms with Gasteiger partial charge in [0, 0.05) is 17.3 Å². The lowest BCUT2D eigenvalue weighted by molar-refractivity contribution is -0.113. The average Bonchev–Trinajstić information content (AvgIpc) is 3.39. The second-order valence-corrected chi connectivity index (χ2v) is 9.89. The van der Waals surface area contributed by atoms with Gasteiger partial charge in [-0.25, -0.2) is 0 Å². The highest BCUT2D eigenvalue weighted by Crippen LogP contribution is 2.40. The second kappa shape index (κ2) is 9.31. The molecule has 1 amide bonds. The van der Waals surface area contributed by atoms with E-state index in [9.17, 15) is 10.1 Å². The molecule has 29 heavy (non-hydrogen) atoms. The van der Waals surface area contributed by atoms with E-state index in [1.807, 2.05) is 0 Å². The molecule has 0 aromatic carbocycles. The van der Waals surface area contributed by atoms with Crippen LogP contribution < -0.4 is 5.32 Å². The Labute approximate surface area is 180 Å². The Morgan fingerprint density at radius 1 is 1.28 bits per heavy atom. The minimum atomic E-state index is -0.0836. The van der Waals surface area contributed by atoms with Crippen LogP contribution in [0.3, 0.4) is 0 Å². The van der Waals surface area contributed by atoms with E-state index in [2.05, 4.69) is 33.1 Å². The summed E-state index contributed by atoms with van der Waals surface area (Å²) < 4.78 is 2.17. The standard InChI is InChI=1S/C21H27N5OS2/c1-2-11-26-19(14-9-10-14)24-25-21(26)28-13-18(27)23-20-16(12-22)15-7-5-3-4-6-8-17(15)29-20/h14H,2-11,13H2,1H3,(H,23,27). The minimum Gasteiger partial charge on any atom is -0.316 e. The number of hydrogen-bond acceptors (Lipinski definition) is 6. The first kappa shape index (κ1) is 20.4. The molecule has 0 bridgehead atoms. The summed E-state index contributed by atoms with van der Waals surface area (Å²) in [5.74, 6) is 1.81. The van der Waals surface area contributed by atoms with Gasteiger partial charge in [0.1, 0.15) is 16.9 Å². The molecule has 6 nitrogen and oxygen atoms in total. The van der Waals surface area contributed by atoms with Crippen LogP contribution in [0.2, 0.25) is 0 Å². The zero-order valence-electron chi connectivity index (χ0n) is 16.9. The fourth-order valence-electron chi connectivity index (χ4n) is 3.90. The van der Waals surface area contributed by atoms with Crippen molar-refractivity contribution in [2.24, 2.45) is 0 Å². The van der Waals surface area contributed by atoms with Gasteiger partial charge in [-0.15, -0.1) is 21.5 Å². The first-order chi connectivity index (χ1) is 14.2. The predicted octanol–water partition coefficient (Wildman–Crippen LogP) is 4.89. The molecule has 1 saturated carbocycles. The number of aromatic nitrogens is 3. The lowest BCUT2D eigenvalue weighted by Gasteiger charge is -2.09. The number of thiophene rings is 1. The zero-order valence-corrected chi connectivity index (χ0v) is 18.5. The molecule has 0 radical (unpaired) electrons. The molecule has 2 aliphatic rings. The number of anilines is 1.